The average molecular weight is 175 g/mol. The second kappa shape index (κ2) is 3.09. The molecule has 0 atom stereocenters. The smallest absolute Gasteiger partial charge is 0.134 e. The molecule has 58 valence electrons. The van der Waals surface area contributed by atoms with Gasteiger partial charge in [-0.2, -0.15) is 0 Å². The van der Waals surface area contributed by atoms with Gasteiger partial charge in [0.05, 0.1) is 0 Å². The minimum Gasteiger partial charge on any atom is -0.370 e. The first-order valence-electron chi connectivity index (χ1n) is 3.69. The highest BCUT2D eigenvalue weighted by atomic mass is 32.2. The van der Waals surface area contributed by atoms with Crippen molar-refractivity contribution in [1.29, 1.82) is 0 Å². The van der Waals surface area contributed by atoms with Gasteiger partial charge in [0.1, 0.15) is 4.32 Å². The minimum absolute atomic E-state index is 0.414. The van der Waals surface area contributed by atoms with Crippen molar-refractivity contribution < 1.29 is 0 Å². The summed E-state index contributed by atoms with van der Waals surface area (Å²) in [4.78, 5) is 0. The van der Waals surface area contributed by atoms with Crippen LogP contribution in [0.5, 0.6) is 0 Å². The second-order valence-corrected chi connectivity index (χ2v) is 4.78. The normalized spacial score (nSPS) is 22.8. The zero-order valence-electron chi connectivity index (χ0n) is 6.44. The van der Waals surface area contributed by atoms with Crippen molar-refractivity contribution in [2.24, 2.45) is 0 Å². The SMILES string of the molecule is CCC1(CC)CNC(=S)S1. The Bertz CT molecular complexity index is 141. The van der Waals surface area contributed by atoms with E-state index in [-0.39, 0.29) is 0 Å². The Morgan fingerprint density at radius 1 is 1.60 bits per heavy atom. The van der Waals surface area contributed by atoms with Crippen molar-refractivity contribution in [3.05, 3.63) is 0 Å². The third-order valence-electron chi connectivity index (χ3n) is 2.15. The van der Waals surface area contributed by atoms with Gasteiger partial charge in [-0.3, -0.25) is 0 Å². The second-order valence-electron chi connectivity index (χ2n) is 2.63. The summed E-state index contributed by atoms with van der Waals surface area (Å²) in [6.07, 6.45) is 2.42. The fourth-order valence-electron chi connectivity index (χ4n) is 1.15. The number of nitrogens with one attached hydrogen (secondary N) is 1. The molecule has 1 aliphatic heterocycles. The molecular weight excluding hydrogens is 162 g/mol. The Hall–Kier alpha value is 0.240. The zero-order valence-corrected chi connectivity index (χ0v) is 8.07. The monoisotopic (exact) mass is 175 g/mol. The lowest BCUT2D eigenvalue weighted by atomic mass is 10.0. The summed E-state index contributed by atoms with van der Waals surface area (Å²) in [6.45, 7) is 5.52. The molecule has 0 spiro atoms. The standard InChI is InChI=1S/C7H13NS2/c1-3-7(4-2)5-8-6(9)10-7/h3-5H2,1-2H3,(H,8,9). The van der Waals surface area contributed by atoms with Gasteiger partial charge in [0.15, 0.2) is 0 Å². The van der Waals surface area contributed by atoms with E-state index >= 15 is 0 Å². The fraction of sp³-hybridized carbons (Fsp3) is 0.857. The maximum absolute atomic E-state index is 5.05. The molecule has 0 aromatic rings. The van der Waals surface area contributed by atoms with E-state index in [0.29, 0.717) is 4.75 Å². The maximum Gasteiger partial charge on any atom is 0.134 e. The van der Waals surface area contributed by atoms with Gasteiger partial charge in [0.25, 0.3) is 0 Å². The Balaban J connectivity index is 2.59. The first kappa shape index (κ1) is 8.34. The molecule has 0 aromatic carbocycles. The molecule has 0 aliphatic carbocycles. The molecule has 1 aliphatic rings. The third kappa shape index (κ3) is 1.45. The third-order valence-corrected chi connectivity index (χ3v) is 4.03. The molecule has 1 heterocycles. The van der Waals surface area contributed by atoms with Gasteiger partial charge < -0.3 is 5.32 Å². The fourth-order valence-corrected chi connectivity index (χ4v) is 2.72. The first-order valence-corrected chi connectivity index (χ1v) is 4.92. The minimum atomic E-state index is 0.414. The highest BCUT2D eigenvalue weighted by molar-refractivity contribution is 8.24. The number of thiocarbonyl (C=S) groups is 1. The van der Waals surface area contributed by atoms with Crippen molar-refractivity contribution in [3.63, 3.8) is 0 Å². The Labute approximate surface area is 72.0 Å². The largest absolute Gasteiger partial charge is 0.370 e. The molecule has 0 aromatic heterocycles. The summed E-state index contributed by atoms with van der Waals surface area (Å²) in [5, 5.41) is 3.21. The summed E-state index contributed by atoms with van der Waals surface area (Å²) in [7, 11) is 0. The number of rotatable bonds is 2. The van der Waals surface area contributed by atoms with E-state index < -0.39 is 0 Å². The predicted octanol–water partition coefficient (Wildman–Crippen LogP) is 2.17. The van der Waals surface area contributed by atoms with Crippen LogP contribution in [0.1, 0.15) is 26.7 Å². The van der Waals surface area contributed by atoms with Crippen molar-refractivity contribution in [1.82, 2.24) is 5.32 Å². The molecule has 10 heavy (non-hydrogen) atoms. The van der Waals surface area contributed by atoms with E-state index in [2.05, 4.69) is 19.2 Å². The van der Waals surface area contributed by atoms with Crippen LogP contribution >= 0.6 is 24.0 Å². The van der Waals surface area contributed by atoms with Crippen LogP contribution in [0.25, 0.3) is 0 Å². The summed E-state index contributed by atoms with van der Waals surface area (Å²) in [6, 6.07) is 0. The Morgan fingerprint density at radius 3 is 2.40 bits per heavy atom. The van der Waals surface area contributed by atoms with E-state index in [1.165, 1.54) is 12.8 Å². The lowest BCUT2D eigenvalue weighted by Crippen LogP contribution is -2.27. The van der Waals surface area contributed by atoms with Gasteiger partial charge in [-0.25, -0.2) is 0 Å². The number of hydrogen-bond donors (Lipinski definition) is 1. The highest BCUT2D eigenvalue weighted by Gasteiger charge is 2.33. The number of hydrogen-bond acceptors (Lipinski definition) is 2. The van der Waals surface area contributed by atoms with Crippen molar-refractivity contribution in [2.75, 3.05) is 6.54 Å². The van der Waals surface area contributed by atoms with Gasteiger partial charge in [-0.1, -0.05) is 37.8 Å². The maximum atomic E-state index is 5.05. The first-order chi connectivity index (χ1) is 4.72. The van der Waals surface area contributed by atoms with Crippen LogP contribution in [0.2, 0.25) is 0 Å². The molecule has 0 radical (unpaired) electrons. The molecular formula is C7H13NS2. The van der Waals surface area contributed by atoms with E-state index in [0.717, 1.165) is 10.9 Å². The van der Waals surface area contributed by atoms with Crippen molar-refractivity contribution >= 4 is 28.3 Å². The lowest BCUT2D eigenvalue weighted by Gasteiger charge is -2.21. The molecule has 3 heteroatoms. The van der Waals surface area contributed by atoms with Crippen LogP contribution in [0.4, 0.5) is 0 Å². The Morgan fingerprint density at radius 2 is 2.20 bits per heavy atom. The van der Waals surface area contributed by atoms with E-state index in [4.69, 9.17) is 12.2 Å². The van der Waals surface area contributed by atoms with Crippen molar-refractivity contribution in [2.45, 2.75) is 31.4 Å². The van der Waals surface area contributed by atoms with Gasteiger partial charge in [0.2, 0.25) is 0 Å². The van der Waals surface area contributed by atoms with Crippen LogP contribution < -0.4 is 5.32 Å². The summed E-state index contributed by atoms with van der Waals surface area (Å²) in [5.74, 6) is 0. The van der Waals surface area contributed by atoms with E-state index in [9.17, 15) is 0 Å². The molecule has 1 rings (SSSR count). The molecule has 1 saturated heterocycles. The van der Waals surface area contributed by atoms with Gasteiger partial charge in [-0.15, -0.1) is 0 Å². The van der Waals surface area contributed by atoms with Crippen LogP contribution in [0.3, 0.4) is 0 Å². The lowest BCUT2D eigenvalue weighted by molar-refractivity contribution is 0.552. The molecule has 0 unspecified atom stereocenters. The van der Waals surface area contributed by atoms with E-state index in [1.807, 2.05) is 11.8 Å². The van der Waals surface area contributed by atoms with Crippen LogP contribution in [0, 0.1) is 0 Å². The van der Waals surface area contributed by atoms with Crippen LogP contribution in [0.15, 0.2) is 0 Å². The molecule has 1 N–H and O–H groups in total. The van der Waals surface area contributed by atoms with Crippen molar-refractivity contribution in [3.8, 4) is 0 Å². The zero-order chi connectivity index (χ0) is 7.61. The molecule has 0 saturated carbocycles. The summed E-state index contributed by atoms with van der Waals surface area (Å²) >= 11 is 6.89. The van der Waals surface area contributed by atoms with Gasteiger partial charge in [0, 0.05) is 11.3 Å². The molecule has 1 fully saturated rings. The highest BCUT2D eigenvalue weighted by Crippen LogP contribution is 2.36. The topological polar surface area (TPSA) is 12.0 Å². The molecule has 0 amide bonds. The summed E-state index contributed by atoms with van der Waals surface area (Å²) in [5.41, 5.74) is 0. The Kier molecular flexibility index (Phi) is 2.58. The average Bonchev–Trinajstić information content (AvgIpc) is 2.33. The predicted molar refractivity (Wildman–Crippen MR) is 51.5 cm³/mol. The van der Waals surface area contributed by atoms with E-state index in [1.54, 1.807) is 0 Å². The van der Waals surface area contributed by atoms with Crippen LogP contribution in [-0.2, 0) is 0 Å². The molecule has 1 nitrogen and oxygen atoms in total. The van der Waals surface area contributed by atoms with Gasteiger partial charge in [-0.05, 0) is 12.8 Å². The number of thioether (sulfide) groups is 1. The summed E-state index contributed by atoms with van der Waals surface area (Å²) < 4.78 is 1.39. The van der Waals surface area contributed by atoms with Crippen LogP contribution in [-0.4, -0.2) is 15.6 Å². The van der Waals surface area contributed by atoms with Gasteiger partial charge >= 0.3 is 0 Å². The molecule has 0 bridgehead atoms. The quantitative estimate of drug-likeness (QED) is 0.646.